The van der Waals surface area contributed by atoms with Gasteiger partial charge in [-0.05, 0) is 95.1 Å². The standard InChI is InChI=1S/C13H16ClNO.C12H16ClNO.C2H6.CH3F/c1-10(16)13(5-7-15-8-6-13)11-3-2-4-12(14)9-11;1-9(15)12(2,7-8-14)10-3-5-11(13)6-4-10;2*1-2/h2-4,9,15H,5-8H2,1H3;3-6H,7-8,14H2,1-2H3;1-2H3;1H3. The van der Waals surface area contributed by atoms with Crippen molar-refractivity contribution in [3.8, 4) is 0 Å². The molecule has 7 heteroatoms. The van der Waals surface area contributed by atoms with E-state index in [1.165, 1.54) is 0 Å². The van der Waals surface area contributed by atoms with Gasteiger partial charge < -0.3 is 11.1 Å². The second-order valence-corrected chi connectivity index (χ2v) is 9.21. The molecular weight excluding hydrogens is 486 g/mol. The summed E-state index contributed by atoms with van der Waals surface area (Å²) in [5.74, 6) is 0.381. The van der Waals surface area contributed by atoms with Crippen molar-refractivity contribution in [3.05, 3.63) is 69.7 Å². The lowest BCUT2D eigenvalue weighted by atomic mass is 9.70. The predicted molar refractivity (Wildman–Crippen MR) is 147 cm³/mol. The maximum Gasteiger partial charge on any atom is 0.140 e. The van der Waals surface area contributed by atoms with Crippen LogP contribution in [0.3, 0.4) is 0 Å². The van der Waals surface area contributed by atoms with Gasteiger partial charge in [0.25, 0.3) is 0 Å². The number of carbonyl (C=O) groups is 2. The van der Waals surface area contributed by atoms with Gasteiger partial charge in [-0.3, -0.25) is 14.0 Å². The summed E-state index contributed by atoms with van der Waals surface area (Å²) >= 11 is 11.8. The van der Waals surface area contributed by atoms with Gasteiger partial charge in [0.1, 0.15) is 11.6 Å². The number of Topliss-reactive ketones (excluding diaryl/α,β-unsaturated/α-hetero) is 2. The van der Waals surface area contributed by atoms with Crippen LogP contribution in [0, 0.1) is 0 Å². The number of alkyl halides is 1. The van der Waals surface area contributed by atoms with Gasteiger partial charge in [0, 0.05) is 10.0 Å². The second kappa shape index (κ2) is 16.8. The van der Waals surface area contributed by atoms with Crippen molar-refractivity contribution in [3.63, 3.8) is 0 Å². The fourth-order valence-corrected chi connectivity index (χ4v) is 4.43. The number of hydrogen-bond acceptors (Lipinski definition) is 4. The van der Waals surface area contributed by atoms with Crippen LogP contribution in [0.1, 0.15) is 65.0 Å². The van der Waals surface area contributed by atoms with Crippen molar-refractivity contribution in [2.45, 2.75) is 64.7 Å². The minimum atomic E-state index is -0.487. The fraction of sp³-hybridized carbons (Fsp3) is 0.500. The Morgan fingerprint density at radius 3 is 1.97 bits per heavy atom. The number of nitrogens with two attached hydrogens (primary N) is 1. The number of piperidine rings is 1. The van der Waals surface area contributed by atoms with E-state index >= 15 is 0 Å². The van der Waals surface area contributed by atoms with E-state index in [0.29, 0.717) is 30.2 Å². The van der Waals surface area contributed by atoms with Gasteiger partial charge in [-0.15, -0.1) is 0 Å². The zero-order valence-electron chi connectivity index (χ0n) is 21.9. The van der Waals surface area contributed by atoms with Crippen LogP contribution in [0.25, 0.3) is 0 Å². The first-order valence-corrected chi connectivity index (χ1v) is 12.7. The van der Waals surface area contributed by atoms with E-state index < -0.39 is 5.41 Å². The zero-order valence-corrected chi connectivity index (χ0v) is 23.4. The van der Waals surface area contributed by atoms with Crippen molar-refractivity contribution in [1.82, 2.24) is 5.32 Å². The predicted octanol–water partition coefficient (Wildman–Crippen LogP) is 6.70. The third-order valence-electron chi connectivity index (χ3n) is 6.41. The summed E-state index contributed by atoms with van der Waals surface area (Å²) < 4.78 is 9.50. The van der Waals surface area contributed by atoms with Crippen molar-refractivity contribution >= 4 is 34.8 Å². The molecule has 2 aromatic rings. The number of halogens is 3. The Kier molecular flexibility index (Phi) is 15.9. The topological polar surface area (TPSA) is 72.2 Å². The maximum atomic E-state index is 12.0. The van der Waals surface area contributed by atoms with E-state index in [-0.39, 0.29) is 17.0 Å². The van der Waals surface area contributed by atoms with Crippen LogP contribution in [0.4, 0.5) is 4.39 Å². The number of nitrogens with one attached hydrogen (secondary N) is 1. The molecule has 1 atom stereocenters. The Bertz CT molecular complexity index is 900. The lowest BCUT2D eigenvalue weighted by Gasteiger charge is -2.36. The van der Waals surface area contributed by atoms with E-state index in [4.69, 9.17) is 28.9 Å². The number of ketones is 2. The molecule has 0 aromatic heterocycles. The van der Waals surface area contributed by atoms with E-state index in [9.17, 15) is 14.0 Å². The molecule has 0 saturated carbocycles. The third-order valence-corrected chi connectivity index (χ3v) is 6.90. The largest absolute Gasteiger partial charge is 0.330 e. The molecule has 0 aliphatic carbocycles. The highest BCUT2D eigenvalue weighted by molar-refractivity contribution is 6.30. The lowest BCUT2D eigenvalue weighted by Crippen LogP contribution is -2.44. The van der Waals surface area contributed by atoms with Crippen molar-refractivity contribution in [1.29, 1.82) is 0 Å². The fourth-order valence-electron chi connectivity index (χ4n) is 4.11. The van der Waals surface area contributed by atoms with Crippen LogP contribution in [0.2, 0.25) is 10.0 Å². The Balaban J connectivity index is 0.000000580. The van der Waals surface area contributed by atoms with Crippen LogP contribution in [0.5, 0.6) is 0 Å². The summed E-state index contributed by atoms with van der Waals surface area (Å²) in [5, 5.41) is 4.68. The van der Waals surface area contributed by atoms with Gasteiger partial charge in [0.05, 0.1) is 18.0 Å². The van der Waals surface area contributed by atoms with Gasteiger partial charge in [-0.2, -0.15) is 0 Å². The minimum Gasteiger partial charge on any atom is -0.330 e. The van der Waals surface area contributed by atoms with Gasteiger partial charge in [-0.25, -0.2) is 0 Å². The lowest BCUT2D eigenvalue weighted by molar-refractivity contribution is -0.123. The number of hydrogen-bond donors (Lipinski definition) is 2. The molecule has 1 unspecified atom stereocenters. The molecule has 35 heavy (non-hydrogen) atoms. The highest BCUT2D eigenvalue weighted by atomic mass is 35.5. The Hall–Kier alpha value is -1.79. The maximum absolute atomic E-state index is 12.0. The second-order valence-electron chi connectivity index (χ2n) is 8.33. The molecule has 1 aliphatic rings. The van der Waals surface area contributed by atoms with Crippen molar-refractivity contribution < 1.29 is 14.0 Å². The van der Waals surface area contributed by atoms with E-state index in [0.717, 1.165) is 37.1 Å². The number of benzene rings is 2. The summed E-state index contributed by atoms with van der Waals surface area (Å²) in [6.45, 7) is 11.5. The monoisotopic (exact) mass is 526 g/mol. The smallest absolute Gasteiger partial charge is 0.140 e. The molecule has 0 radical (unpaired) electrons. The van der Waals surface area contributed by atoms with Crippen LogP contribution in [-0.2, 0) is 20.4 Å². The molecule has 1 fully saturated rings. The van der Waals surface area contributed by atoms with Crippen LogP contribution in [-0.4, -0.2) is 38.4 Å². The first-order chi connectivity index (χ1) is 16.7. The quantitative estimate of drug-likeness (QED) is 0.439. The summed E-state index contributed by atoms with van der Waals surface area (Å²) in [7, 11) is 0.500. The molecule has 1 saturated heterocycles. The molecule has 3 rings (SSSR count). The van der Waals surface area contributed by atoms with Gasteiger partial charge in [0.15, 0.2) is 0 Å². The number of rotatable bonds is 6. The molecule has 2 aromatic carbocycles. The Morgan fingerprint density at radius 2 is 1.54 bits per heavy atom. The average Bonchev–Trinajstić information content (AvgIpc) is 2.87. The normalized spacial score (nSPS) is 15.5. The number of carbonyl (C=O) groups excluding carboxylic acids is 2. The van der Waals surface area contributed by atoms with Crippen molar-refractivity contribution in [2.24, 2.45) is 5.73 Å². The summed E-state index contributed by atoms with van der Waals surface area (Å²) in [6, 6.07) is 15.1. The molecular formula is C28H41Cl2FN2O2. The van der Waals surface area contributed by atoms with Crippen molar-refractivity contribution in [2.75, 3.05) is 26.8 Å². The summed E-state index contributed by atoms with van der Waals surface area (Å²) in [4.78, 5) is 23.6. The Labute approximate surface area is 220 Å². The van der Waals surface area contributed by atoms with Gasteiger partial charge >= 0.3 is 0 Å². The van der Waals surface area contributed by atoms with E-state index in [1.807, 2.05) is 57.2 Å². The highest BCUT2D eigenvalue weighted by Gasteiger charge is 2.38. The molecule has 3 N–H and O–H groups in total. The van der Waals surface area contributed by atoms with Crippen LogP contribution < -0.4 is 11.1 Å². The molecule has 0 spiro atoms. The molecule has 1 heterocycles. The average molecular weight is 528 g/mol. The highest BCUT2D eigenvalue weighted by Crippen LogP contribution is 2.35. The molecule has 0 amide bonds. The molecule has 0 bridgehead atoms. The molecule has 4 nitrogen and oxygen atoms in total. The Morgan fingerprint density at radius 1 is 1.00 bits per heavy atom. The minimum absolute atomic E-state index is 0.135. The SMILES string of the molecule is CC.CC(=O)C(C)(CCN)c1ccc(Cl)cc1.CC(=O)C1(c2cccc(Cl)c2)CCNCC1.CF. The summed E-state index contributed by atoms with van der Waals surface area (Å²) in [5.41, 5.74) is 6.77. The van der Waals surface area contributed by atoms with Crippen LogP contribution in [0.15, 0.2) is 48.5 Å². The van der Waals surface area contributed by atoms with Crippen LogP contribution >= 0.6 is 23.2 Å². The zero-order chi connectivity index (χ0) is 27.1. The van der Waals surface area contributed by atoms with E-state index in [2.05, 4.69) is 5.32 Å². The first kappa shape index (κ1) is 33.2. The molecule has 1 aliphatic heterocycles. The van der Waals surface area contributed by atoms with Gasteiger partial charge in [0.2, 0.25) is 0 Å². The first-order valence-electron chi connectivity index (χ1n) is 12.0. The summed E-state index contributed by atoms with van der Waals surface area (Å²) in [6.07, 6.45) is 2.38. The molecule has 196 valence electrons. The third kappa shape index (κ3) is 9.30. The van der Waals surface area contributed by atoms with E-state index in [1.54, 1.807) is 26.0 Å². The van der Waals surface area contributed by atoms with Gasteiger partial charge in [-0.1, -0.05) is 61.3 Å².